The Hall–Kier alpha value is -3.47. The molecule has 0 saturated carbocycles. The van der Waals surface area contributed by atoms with Crippen molar-refractivity contribution in [1.29, 1.82) is 5.26 Å². The van der Waals surface area contributed by atoms with Gasteiger partial charge in [0.1, 0.15) is 5.82 Å². The highest BCUT2D eigenvalue weighted by Gasteiger charge is 2.27. The number of pyridine rings is 1. The van der Waals surface area contributed by atoms with Gasteiger partial charge in [0.2, 0.25) is 0 Å². The molecule has 0 bridgehead atoms. The van der Waals surface area contributed by atoms with E-state index < -0.39 is 5.91 Å². The van der Waals surface area contributed by atoms with Crippen LogP contribution in [0.3, 0.4) is 0 Å². The number of hydrogen-bond acceptors (Lipinski definition) is 6. The minimum absolute atomic E-state index is 0.114. The Morgan fingerprint density at radius 3 is 3.11 bits per heavy atom. The van der Waals surface area contributed by atoms with E-state index in [0.29, 0.717) is 18.9 Å². The van der Waals surface area contributed by atoms with Crippen LogP contribution in [0.15, 0.2) is 42.9 Å². The molecule has 1 aliphatic rings. The number of amides is 1. The van der Waals surface area contributed by atoms with Gasteiger partial charge in [0.25, 0.3) is 0 Å². The Morgan fingerprint density at radius 1 is 1.37 bits per heavy atom. The minimum atomic E-state index is -0.470. The van der Waals surface area contributed by atoms with Crippen molar-refractivity contribution in [2.45, 2.75) is 18.9 Å². The lowest BCUT2D eigenvalue weighted by atomic mass is 10.0. The number of rotatable bonds is 3. The molecule has 1 atom stereocenters. The molecule has 0 unspecified atom stereocenters. The number of carbonyl (C=O) groups is 1. The van der Waals surface area contributed by atoms with Crippen LogP contribution in [0.4, 0.5) is 5.82 Å². The molecule has 3 aromatic heterocycles. The zero-order valence-electron chi connectivity index (χ0n) is 15.0. The van der Waals surface area contributed by atoms with Crippen LogP contribution in [-0.2, 0) is 4.79 Å². The molecule has 1 fully saturated rings. The van der Waals surface area contributed by atoms with E-state index in [2.05, 4.69) is 15.0 Å². The molecule has 8 nitrogen and oxygen atoms in total. The summed E-state index contributed by atoms with van der Waals surface area (Å²) in [7, 11) is 1.97. The summed E-state index contributed by atoms with van der Waals surface area (Å²) in [6.07, 6.45) is 7.21. The zero-order chi connectivity index (χ0) is 18.8. The lowest BCUT2D eigenvalue weighted by molar-refractivity contribution is -0.126. The third-order valence-corrected chi connectivity index (χ3v) is 5.00. The molecule has 8 heteroatoms. The molecule has 27 heavy (non-hydrogen) atoms. The van der Waals surface area contributed by atoms with Crippen LogP contribution in [0.1, 0.15) is 12.8 Å². The van der Waals surface area contributed by atoms with Crippen molar-refractivity contribution in [2.75, 3.05) is 25.0 Å². The van der Waals surface area contributed by atoms with E-state index in [0.717, 1.165) is 29.7 Å². The third kappa shape index (κ3) is 3.19. The van der Waals surface area contributed by atoms with E-state index in [1.165, 1.54) is 0 Å². The SMILES string of the molecule is CN(c1ccnc(-c2cnn3ccccc23)n1)[C@@H]1CCCN(C(=O)C#N)C1. The normalized spacial score (nSPS) is 16.9. The van der Waals surface area contributed by atoms with E-state index in [-0.39, 0.29) is 6.04 Å². The van der Waals surface area contributed by atoms with Crippen LogP contribution in [0, 0.1) is 11.3 Å². The fourth-order valence-corrected chi connectivity index (χ4v) is 3.50. The van der Waals surface area contributed by atoms with Crippen molar-refractivity contribution in [3.8, 4) is 17.5 Å². The summed E-state index contributed by atoms with van der Waals surface area (Å²) < 4.78 is 1.79. The molecule has 1 aliphatic heterocycles. The zero-order valence-corrected chi connectivity index (χ0v) is 15.0. The predicted molar refractivity (Wildman–Crippen MR) is 99.8 cm³/mol. The van der Waals surface area contributed by atoms with Gasteiger partial charge in [-0.05, 0) is 31.0 Å². The number of aromatic nitrogens is 4. The number of hydrogen-bond donors (Lipinski definition) is 0. The van der Waals surface area contributed by atoms with Gasteiger partial charge in [-0.25, -0.2) is 14.5 Å². The van der Waals surface area contributed by atoms with Gasteiger partial charge in [-0.3, -0.25) is 4.79 Å². The summed E-state index contributed by atoms with van der Waals surface area (Å²) >= 11 is 0. The summed E-state index contributed by atoms with van der Waals surface area (Å²) in [6, 6.07) is 9.55. The standard InChI is InChI=1S/C19H19N7O/c1-24(14-5-4-9-25(13-14)18(27)11-20)17-7-8-21-19(23-17)15-12-22-26-10-3-2-6-16(15)26/h2-3,6-8,10,12,14H,4-5,9,13H2,1H3/t14-/m1/s1. The first-order chi connectivity index (χ1) is 13.2. The van der Waals surface area contributed by atoms with Gasteiger partial charge < -0.3 is 9.80 Å². The Balaban J connectivity index is 1.61. The molecular formula is C19H19N7O. The maximum Gasteiger partial charge on any atom is 0.325 e. The fraction of sp³-hybridized carbons (Fsp3) is 0.316. The largest absolute Gasteiger partial charge is 0.355 e. The maximum atomic E-state index is 11.7. The molecule has 1 amide bonds. The van der Waals surface area contributed by atoms with Crippen LogP contribution in [0.2, 0.25) is 0 Å². The second-order valence-electron chi connectivity index (χ2n) is 6.60. The van der Waals surface area contributed by atoms with Crippen LogP contribution in [-0.4, -0.2) is 56.6 Å². The molecule has 4 rings (SSSR count). The van der Waals surface area contributed by atoms with Gasteiger partial charge in [0.05, 0.1) is 17.3 Å². The maximum absolute atomic E-state index is 11.7. The molecular weight excluding hydrogens is 342 g/mol. The highest BCUT2D eigenvalue weighted by molar-refractivity contribution is 5.91. The fourth-order valence-electron chi connectivity index (χ4n) is 3.50. The van der Waals surface area contributed by atoms with Crippen LogP contribution in [0.25, 0.3) is 16.9 Å². The quantitative estimate of drug-likeness (QED) is 0.660. The van der Waals surface area contributed by atoms with E-state index >= 15 is 0 Å². The molecule has 1 saturated heterocycles. The molecule has 4 heterocycles. The van der Waals surface area contributed by atoms with Gasteiger partial charge in [-0.2, -0.15) is 10.4 Å². The lowest BCUT2D eigenvalue weighted by Gasteiger charge is -2.37. The van der Waals surface area contributed by atoms with Crippen molar-refractivity contribution < 1.29 is 4.79 Å². The third-order valence-electron chi connectivity index (χ3n) is 5.00. The first-order valence-corrected chi connectivity index (χ1v) is 8.85. The Kier molecular flexibility index (Phi) is 4.42. The summed E-state index contributed by atoms with van der Waals surface area (Å²) in [4.78, 5) is 24.5. The second-order valence-corrected chi connectivity index (χ2v) is 6.60. The molecule has 0 aromatic carbocycles. The van der Waals surface area contributed by atoms with E-state index in [1.54, 1.807) is 27.9 Å². The summed E-state index contributed by atoms with van der Waals surface area (Å²) in [5.74, 6) is 0.927. The highest BCUT2D eigenvalue weighted by atomic mass is 16.2. The first-order valence-electron chi connectivity index (χ1n) is 8.85. The average Bonchev–Trinajstić information content (AvgIpc) is 3.17. The molecule has 3 aromatic rings. The van der Waals surface area contributed by atoms with Crippen molar-refractivity contribution in [3.63, 3.8) is 0 Å². The van der Waals surface area contributed by atoms with Crippen molar-refractivity contribution in [2.24, 2.45) is 0 Å². The molecule has 0 aliphatic carbocycles. The number of nitriles is 1. The van der Waals surface area contributed by atoms with Crippen LogP contribution < -0.4 is 4.90 Å². The molecule has 0 radical (unpaired) electrons. The van der Waals surface area contributed by atoms with Crippen LogP contribution in [0.5, 0.6) is 0 Å². The van der Waals surface area contributed by atoms with E-state index in [1.807, 2.05) is 37.5 Å². The Bertz CT molecular complexity index is 1020. The number of anilines is 1. The van der Waals surface area contributed by atoms with E-state index in [4.69, 9.17) is 10.2 Å². The number of fused-ring (bicyclic) bond motifs is 1. The number of likely N-dealkylation sites (tertiary alicyclic amines) is 1. The topological polar surface area (TPSA) is 90.4 Å². The van der Waals surface area contributed by atoms with Crippen molar-refractivity contribution >= 4 is 17.2 Å². The molecule has 0 spiro atoms. The Labute approximate surface area is 156 Å². The molecule has 136 valence electrons. The summed E-state index contributed by atoms with van der Waals surface area (Å²) in [5, 5.41) is 13.2. The first kappa shape index (κ1) is 17.0. The highest BCUT2D eigenvalue weighted by Crippen LogP contribution is 2.25. The second kappa shape index (κ2) is 7.03. The average molecular weight is 361 g/mol. The number of likely N-dealkylation sites (N-methyl/N-ethyl adjacent to an activating group) is 1. The number of nitrogens with zero attached hydrogens (tertiary/aromatic N) is 7. The van der Waals surface area contributed by atoms with Gasteiger partial charge in [0, 0.05) is 38.6 Å². The van der Waals surface area contributed by atoms with Gasteiger partial charge in [-0.15, -0.1) is 0 Å². The van der Waals surface area contributed by atoms with Gasteiger partial charge in [0.15, 0.2) is 11.9 Å². The molecule has 0 N–H and O–H groups in total. The van der Waals surface area contributed by atoms with Crippen molar-refractivity contribution in [3.05, 3.63) is 42.9 Å². The minimum Gasteiger partial charge on any atom is -0.355 e. The van der Waals surface area contributed by atoms with Crippen molar-refractivity contribution in [1.82, 2.24) is 24.5 Å². The Morgan fingerprint density at radius 2 is 2.26 bits per heavy atom. The predicted octanol–water partition coefficient (Wildman–Crippen LogP) is 1.74. The van der Waals surface area contributed by atoms with Gasteiger partial charge >= 0.3 is 5.91 Å². The smallest absolute Gasteiger partial charge is 0.325 e. The summed E-state index contributed by atoms with van der Waals surface area (Å²) in [6.45, 7) is 1.16. The lowest BCUT2D eigenvalue weighted by Crippen LogP contribution is -2.48. The van der Waals surface area contributed by atoms with Crippen LogP contribution >= 0.6 is 0 Å². The number of piperidine rings is 1. The van der Waals surface area contributed by atoms with Gasteiger partial charge in [-0.1, -0.05) is 6.07 Å². The monoisotopic (exact) mass is 361 g/mol. The number of carbonyl (C=O) groups excluding carboxylic acids is 1. The van der Waals surface area contributed by atoms with E-state index in [9.17, 15) is 4.79 Å². The summed E-state index contributed by atoms with van der Waals surface area (Å²) in [5.41, 5.74) is 1.82.